The summed E-state index contributed by atoms with van der Waals surface area (Å²) >= 11 is 1.96. The highest BCUT2D eigenvalue weighted by Crippen LogP contribution is 2.39. The fourth-order valence-corrected chi connectivity index (χ4v) is 3.10. The SMILES string of the molecule is CC(C)SCC(N)c1ccccc1C1CCC1. The Kier molecular flexibility index (Phi) is 4.52. The van der Waals surface area contributed by atoms with Crippen LogP contribution in [0.25, 0.3) is 0 Å². The lowest BCUT2D eigenvalue weighted by atomic mass is 9.77. The zero-order chi connectivity index (χ0) is 12.3. The average molecular weight is 249 g/mol. The van der Waals surface area contributed by atoms with E-state index < -0.39 is 0 Å². The van der Waals surface area contributed by atoms with Crippen molar-refractivity contribution in [1.82, 2.24) is 0 Å². The van der Waals surface area contributed by atoms with Gasteiger partial charge in [-0.3, -0.25) is 0 Å². The summed E-state index contributed by atoms with van der Waals surface area (Å²) in [5, 5.41) is 0.664. The molecule has 0 amide bonds. The van der Waals surface area contributed by atoms with Crippen molar-refractivity contribution in [2.75, 3.05) is 5.75 Å². The Hall–Kier alpha value is -0.470. The highest BCUT2D eigenvalue weighted by Gasteiger charge is 2.23. The van der Waals surface area contributed by atoms with Crippen LogP contribution in [0.5, 0.6) is 0 Å². The molecule has 0 spiro atoms. The number of hydrogen-bond donors (Lipinski definition) is 1. The fraction of sp³-hybridized carbons (Fsp3) is 0.600. The van der Waals surface area contributed by atoms with Gasteiger partial charge >= 0.3 is 0 Å². The molecule has 1 saturated carbocycles. The summed E-state index contributed by atoms with van der Waals surface area (Å²) in [6.07, 6.45) is 4.08. The van der Waals surface area contributed by atoms with E-state index >= 15 is 0 Å². The monoisotopic (exact) mass is 249 g/mol. The molecule has 1 aromatic rings. The van der Waals surface area contributed by atoms with Crippen LogP contribution in [-0.4, -0.2) is 11.0 Å². The van der Waals surface area contributed by atoms with Gasteiger partial charge < -0.3 is 5.73 Å². The lowest BCUT2D eigenvalue weighted by Gasteiger charge is -2.29. The second-order valence-corrected chi connectivity index (χ2v) is 6.85. The first kappa shape index (κ1) is 13.0. The quantitative estimate of drug-likeness (QED) is 0.850. The summed E-state index contributed by atoms with van der Waals surface area (Å²) in [4.78, 5) is 0. The van der Waals surface area contributed by atoms with E-state index in [0.29, 0.717) is 5.25 Å². The van der Waals surface area contributed by atoms with Crippen molar-refractivity contribution in [1.29, 1.82) is 0 Å². The first-order valence-corrected chi connectivity index (χ1v) is 7.69. The van der Waals surface area contributed by atoms with Crippen molar-refractivity contribution in [2.24, 2.45) is 5.73 Å². The van der Waals surface area contributed by atoms with E-state index in [9.17, 15) is 0 Å². The number of nitrogens with two attached hydrogens (primary N) is 1. The van der Waals surface area contributed by atoms with Crippen LogP contribution in [0.1, 0.15) is 56.2 Å². The first-order chi connectivity index (χ1) is 8.18. The lowest BCUT2D eigenvalue weighted by Crippen LogP contribution is -2.19. The second-order valence-electron chi connectivity index (χ2n) is 5.25. The summed E-state index contributed by atoms with van der Waals surface area (Å²) in [6, 6.07) is 8.97. The van der Waals surface area contributed by atoms with Crippen LogP contribution in [0, 0.1) is 0 Å². The van der Waals surface area contributed by atoms with E-state index in [2.05, 4.69) is 38.1 Å². The zero-order valence-electron chi connectivity index (χ0n) is 10.9. The van der Waals surface area contributed by atoms with Gasteiger partial charge in [-0.2, -0.15) is 11.8 Å². The summed E-state index contributed by atoms with van der Waals surface area (Å²) < 4.78 is 0. The van der Waals surface area contributed by atoms with Crippen molar-refractivity contribution < 1.29 is 0 Å². The van der Waals surface area contributed by atoms with Crippen molar-refractivity contribution in [2.45, 2.75) is 50.3 Å². The molecule has 1 atom stereocenters. The molecule has 1 aliphatic carbocycles. The average Bonchev–Trinajstić information content (AvgIpc) is 2.24. The molecule has 17 heavy (non-hydrogen) atoms. The largest absolute Gasteiger partial charge is 0.323 e. The van der Waals surface area contributed by atoms with Crippen LogP contribution in [0.2, 0.25) is 0 Å². The van der Waals surface area contributed by atoms with Crippen LogP contribution in [0.4, 0.5) is 0 Å². The lowest BCUT2D eigenvalue weighted by molar-refractivity contribution is 0.416. The maximum atomic E-state index is 6.34. The number of thioether (sulfide) groups is 1. The highest BCUT2D eigenvalue weighted by molar-refractivity contribution is 7.99. The molecule has 1 unspecified atom stereocenters. The molecular weight excluding hydrogens is 226 g/mol. The van der Waals surface area contributed by atoms with Crippen molar-refractivity contribution >= 4 is 11.8 Å². The molecule has 0 aliphatic heterocycles. The van der Waals surface area contributed by atoms with E-state index in [1.165, 1.54) is 30.4 Å². The van der Waals surface area contributed by atoms with Gasteiger partial charge in [-0.1, -0.05) is 44.5 Å². The van der Waals surface area contributed by atoms with Gasteiger partial charge in [-0.05, 0) is 35.1 Å². The molecule has 2 heteroatoms. The highest BCUT2D eigenvalue weighted by atomic mass is 32.2. The minimum absolute atomic E-state index is 0.194. The normalized spacial score (nSPS) is 18.1. The smallest absolute Gasteiger partial charge is 0.0389 e. The summed E-state index contributed by atoms with van der Waals surface area (Å²) in [5.41, 5.74) is 9.23. The molecule has 0 radical (unpaired) electrons. The molecule has 1 fully saturated rings. The zero-order valence-corrected chi connectivity index (χ0v) is 11.7. The molecule has 0 saturated heterocycles. The maximum absolute atomic E-state index is 6.34. The molecule has 2 rings (SSSR count). The number of rotatable bonds is 5. The number of benzene rings is 1. The molecule has 1 nitrogen and oxygen atoms in total. The van der Waals surface area contributed by atoms with Crippen molar-refractivity contribution in [3.63, 3.8) is 0 Å². The van der Waals surface area contributed by atoms with Gasteiger partial charge in [0, 0.05) is 11.8 Å². The van der Waals surface area contributed by atoms with E-state index in [1.807, 2.05) is 11.8 Å². The maximum Gasteiger partial charge on any atom is 0.0389 e. The van der Waals surface area contributed by atoms with Crippen LogP contribution >= 0.6 is 11.8 Å². The molecule has 1 aromatic carbocycles. The van der Waals surface area contributed by atoms with Gasteiger partial charge in [-0.25, -0.2) is 0 Å². The summed E-state index contributed by atoms with van der Waals surface area (Å²) in [6.45, 7) is 4.46. The minimum Gasteiger partial charge on any atom is -0.323 e. The Morgan fingerprint density at radius 3 is 2.59 bits per heavy atom. The van der Waals surface area contributed by atoms with E-state index in [4.69, 9.17) is 5.73 Å². The van der Waals surface area contributed by atoms with Gasteiger partial charge in [-0.15, -0.1) is 0 Å². The first-order valence-electron chi connectivity index (χ1n) is 6.64. The standard InChI is InChI=1S/C15H23NS/c1-11(2)17-10-15(16)14-9-4-3-8-13(14)12-6-5-7-12/h3-4,8-9,11-12,15H,5-7,10,16H2,1-2H3. The predicted octanol–water partition coefficient (Wildman–Crippen LogP) is 4.10. The third-order valence-corrected chi connectivity index (χ3v) is 4.77. The van der Waals surface area contributed by atoms with Gasteiger partial charge in [0.1, 0.15) is 0 Å². The van der Waals surface area contributed by atoms with Crippen LogP contribution in [-0.2, 0) is 0 Å². The molecule has 2 N–H and O–H groups in total. The molecule has 1 aliphatic rings. The summed E-state index contributed by atoms with van der Waals surface area (Å²) in [5.74, 6) is 1.81. The third kappa shape index (κ3) is 3.26. The minimum atomic E-state index is 0.194. The molecule has 94 valence electrons. The fourth-order valence-electron chi connectivity index (χ4n) is 2.33. The van der Waals surface area contributed by atoms with Crippen molar-refractivity contribution in [3.05, 3.63) is 35.4 Å². The Morgan fingerprint density at radius 2 is 2.00 bits per heavy atom. The van der Waals surface area contributed by atoms with Gasteiger partial charge in [0.2, 0.25) is 0 Å². The Morgan fingerprint density at radius 1 is 1.29 bits per heavy atom. The van der Waals surface area contributed by atoms with E-state index in [-0.39, 0.29) is 6.04 Å². The van der Waals surface area contributed by atoms with Crippen LogP contribution < -0.4 is 5.73 Å². The number of hydrogen-bond acceptors (Lipinski definition) is 2. The molecule has 0 heterocycles. The topological polar surface area (TPSA) is 26.0 Å². The Balaban J connectivity index is 2.07. The van der Waals surface area contributed by atoms with Gasteiger partial charge in [0.05, 0.1) is 0 Å². The van der Waals surface area contributed by atoms with Gasteiger partial charge in [0.25, 0.3) is 0 Å². The third-order valence-electron chi connectivity index (χ3n) is 3.55. The van der Waals surface area contributed by atoms with E-state index in [0.717, 1.165) is 11.7 Å². The Labute approximate surface area is 109 Å². The van der Waals surface area contributed by atoms with E-state index in [1.54, 1.807) is 0 Å². The molecule has 0 aromatic heterocycles. The predicted molar refractivity (Wildman–Crippen MR) is 77.6 cm³/mol. The second kappa shape index (κ2) is 5.92. The van der Waals surface area contributed by atoms with Crippen LogP contribution in [0.15, 0.2) is 24.3 Å². The van der Waals surface area contributed by atoms with Gasteiger partial charge in [0.15, 0.2) is 0 Å². The molecule has 0 bridgehead atoms. The Bertz CT molecular complexity index is 358. The van der Waals surface area contributed by atoms with Crippen LogP contribution in [0.3, 0.4) is 0 Å². The molecular formula is C15H23NS. The summed E-state index contributed by atoms with van der Waals surface area (Å²) in [7, 11) is 0. The van der Waals surface area contributed by atoms with Crippen molar-refractivity contribution in [3.8, 4) is 0 Å².